The molecule has 0 radical (unpaired) electrons. The van der Waals surface area contributed by atoms with E-state index in [1.807, 2.05) is 6.92 Å². The molecule has 0 spiro atoms. The van der Waals surface area contributed by atoms with Gasteiger partial charge in [-0.2, -0.15) is 0 Å². The number of Topliss-reactive ketones (excluding diaryl/α,β-unsaturated/α-hetero) is 1. The van der Waals surface area contributed by atoms with Gasteiger partial charge < -0.3 is 75.0 Å². The normalized spacial score (nSPS) is 35.6. The molecule has 5 aliphatic rings. The van der Waals surface area contributed by atoms with Crippen molar-refractivity contribution in [2.75, 3.05) is 39.5 Å². The van der Waals surface area contributed by atoms with Crippen molar-refractivity contribution in [3.05, 3.63) is 0 Å². The van der Waals surface area contributed by atoms with Crippen molar-refractivity contribution in [1.29, 1.82) is 0 Å². The minimum atomic E-state index is -1.65. The summed E-state index contributed by atoms with van der Waals surface area (Å²) in [7, 11) is 0. The topological polar surface area (TPSA) is 283 Å². The zero-order chi connectivity index (χ0) is 46.7. The van der Waals surface area contributed by atoms with Gasteiger partial charge in [0.2, 0.25) is 11.8 Å². The van der Waals surface area contributed by atoms with E-state index in [9.17, 15) is 54.9 Å². The number of carbonyl (C=O) groups is 4. The highest BCUT2D eigenvalue weighted by molar-refractivity contribution is 5.82. The van der Waals surface area contributed by atoms with Crippen molar-refractivity contribution >= 4 is 23.5 Å². The van der Waals surface area contributed by atoms with Gasteiger partial charge in [-0.15, -0.1) is 0 Å². The molecule has 2 saturated carbocycles. The fourth-order valence-electron chi connectivity index (χ4n) is 9.97. The first-order valence-corrected chi connectivity index (χ1v) is 23.8. The number of aliphatic hydroxyl groups excluding tert-OH is 7. The van der Waals surface area contributed by atoms with Crippen molar-refractivity contribution < 1.29 is 78.6 Å². The fraction of sp³-hybridized carbons (Fsp3) is 0.911. The number of rotatable bonds is 22. The molecule has 3 saturated heterocycles. The van der Waals surface area contributed by atoms with Crippen LogP contribution >= 0.6 is 0 Å². The van der Waals surface area contributed by atoms with Gasteiger partial charge in [-0.25, -0.2) is 0 Å². The Bertz CT molecular complexity index is 1490. The van der Waals surface area contributed by atoms with E-state index in [-0.39, 0.29) is 62.5 Å². The predicted octanol–water partition coefficient (Wildman–Crippen LogP) is -0.204. The third kappa shape index (κ3) is 13.2. The van der Waals surface area contributed by atoms with Crippen LogP contribution in [0.2, 0.25) is 0 Å². The summed E-state index contributed by atoms with van der Waals surface area (Å²) in [5, 5.41) is 79.5. The van der Waals surface area contributed by atoms with Crippen LogP contribution in [0.4, 0.5) is 0 Å². The second-order valence-electron chi connectivity index (χ2n) is 19.0. The number of nitrogens with zero attached hydrogens (tertiary/aromatic N) is 1. The summed E-state index contributed by atoms with van der Waals surface area (Å²) < 4.78 is 32.0. The van der Waals surface area contributed by atoms with Crippen molar-refractivity contribution in [2.24, 2.45) is 23.2 Å². The number of aliphatic hydroxyl groups is 7. The highest BCUT2D eigenvalue weighted by Gasteiger charge is 2.53. The lowest BCUT2D eigenvalue weighted by Gasteiger charge is -2.49. The largest absolute Gasteiger partial charge is 0.396 e. The average molecular weight is 916 g/mol. The van der Waals surface area contributed by atoms with Crippen molar-refractivity contribution in [3.63, 3.8) is 0 Å². The summed E-state index contributed by atoms with van der Waals surface area (Å²) in [6.45, 7) is 6.48. The zero-order valence-corrected chi connectivity index (χ0v) is 38.1. The van der Waals surface area contributed by atoms with Crippen LogP contribution in [0.25, 0.3) is 0 Å². The predicted molar refractivity (Wildman–Crippen MR) is 228 cm³/mol. The van der Waals surface area contributed by atoms with E-state index in [4.69, 9.17) is 23.7 Å². The van der Waals surface area contributed by atoms with Gasteiger partial charge in [0.05, 0.1) is 38.1 Å². The lowest BCUT2D eigenvalue weighted by molar-refractivity contribution is -0.338. The van der Waals surface area contributed by atoms with Crippen LogP contribution in [0.5, 0.6) is 0 Å². The standard InChI is InChI=1S/C45H77N3O16/c1-5-28-19-29(30(53)14-10-15-46-34(54)21-45(6-2,23-50)24-51)20-31(40(28)64-44-39(58)38(57)36(55)25(3)60-44)62-43-35(47-26(4)52)41(37(56)33(22-49)63-43)61-32(42(59)48-16-11-17-48)18-27-12-8-7-9-13-27/h25,27-29,31-33,35-41,43-44,49-51,55-58H,5-24H2,1-4H3,(H,46,54)(H,47,52)/t25?,28?,29?,31-,32+,33+,35?,36-,37+,38+,39?,40-,41?,43-,44+/m1/s1. The van der Waals surface area contributed by atoms with Crippen LogP contribution in [0.15, 0.2) is 0 Å². The molecule has 3 heterocycles. The van der Waals surface area contributed by atoms with Gasteiger partial charge in [-0.1, -0.05) is 52.4 Å². The molecule has 19 heteroatoms. The van der Waals surface area contributed by atoms with Crippen LogP contribution in [0.1, 0.15) is 118 Å². The van der Waals surface area contributed by atoms with Gasteiger partial charge in [0, 0.05) is 50.7 Å². The number of hydrogen-bond donors (Lipinski definition) is 9. The van der Waals surface area contributed by atoms with Gasteiger partial charge >= 0.3 is 0 Å². The van der Waals surface area contributed by atoms with Gasteiger partial charge in [0.15, 0.2) is 12.6 Å². The summed E-state index contributed by atoms with van der Waals surface area (Å²) in [5.41, 5.74) is -0.940. The maximum Gasteiger partial charge on any atom is 0.251 e. The molecule has 5 fully saturated rings. The van der Waals surface area contributed by atoms with E-state index in [1.165, 1.54) is 13.8 Å². The maximum absolute atomic E-state index is 14.0. The van der Waals surface area contributed by atoms with Gasteiger partial charge in [-0.3, -0.25) is 19.2 Å². The van der Waals surface area contributed by atoms with Gasteiger partial charge in [0.25, 0.3) is 5.91 Å². The SMILES string of the molecule is CCC1CC(C(=O)CCCNC(=O)CC(CC)(CO)CO)C[C@@H](O[C@@H]2O[C@@H](CO)[C@H](O)C(O[C@@H](CC3CCCCC3)C(=O)N3CCC3)C2NC(C)=O)[C@@H]1O[C@@H]1OC(C)[C@@H](O)[C@H](O)C1O. The number of ketones is 1. The number of likely N-dealkylation sites (tertiary alicyclic amines) is 1. The number of ether oxygens (including phenoxy) is 5. The Hall–Kier alpha value is -2.40. The third-order valence-corrected chi connectivity index (χ3v) is 14.5. The number of carbonyl (C=O) groups excluding carboxylic acids is 4. The van der Waals surface area contributed by atoms with Gasteiger partial charge in [0.1, 0.15) is 54.6 Å². The molecule has 368 valence electrons. The molecule has 2 aliphatic carbocycles. The first-order valence-electron chi connectivity index (χ1n) is 23.8. The Morgan fingerprint density at radius 3 is 2.14 bits per heavy atom. The summed E-state index contributed by atoms with van der Waals surface area (Å²) in [6, 6.07) is -1.22. The van der Waals surface area contributed by atoms with Crippen LogP contribution in [0, 0.1) is 23.2 Å². The van der Waals surface area contributed by atoms with Crippen LogP contribution in [-0.2, 0) is 42.9 Å². The van der Waals surface area contributed by atoms with Crippen LogP contribution in [0.3, 0.4) is 0 Å². The van der Waals surface area contributed by atoms with E-state index < -0.39 is 109 Å². The Balaban J connectivity index is 1.40. The van der Waals surface area contributed by atoms with E-state index in [0.717, 1.165) is 38.5 Å². The molecule has 3 aliphatic heterocycles. The second-order valence-corrected chi connectivity index (χ2v) is 19.0. The van der Waals surface area contributed by atoms with Crippen LogP contribution < -0.4 is 10.6 Å². The fourth-order valence-corrected chi connectivity index (χ4v) is 9.97. The monoisotopic (exact) mass is 916 g/mol. The molecule has 0 bridgehead atoms. The van der Waals surface area contributed by atoms with E-state index in [2.05, 4.69) is 10.6 Å². The first kappa shape index (κ1) is 52.6. The molecule has 9 N–H and O–H groups in total. The smallest absolute Gasteiger partial charge is 0.251 e. The first-order chi connectivity index (χ1) is 30.6. The minimum absolute atomic E-state index is 0.0597. The Morgan fingerprint density at radius 2 is 1.55 bits per heavy atom. The van der Waals surface area contributed by atoms with E-state index >= 15 is 0 Å². The van der Waals surface area contributed by atoms with E-state index in [0.29, 0.717) is 45.2 Å². The van der Waals surface area contributed by atoms with Gasteiger partial charge in [-0.05, 0) is 57.3 Å². The Labute approximate surface area is 376 Å². The average Bonchev–Trinajstić information content (AvgIpc) is 3.26. The molecule has 6 unspecified atom stereocenters. The summed E-state index contributed by atoms with van der Waals surface area (Å²) in [4.78, 5) is 55.3. The molecule has 0 aromatic rings. The second kappa shape index (κ2) is 24.6. The molecule has 19 nitrogen and oxygen atoms in total. The van der Waals surface area contributed by atoms with Crippen molar-refractivity contribution in [1.82, 2.24) is 15.5 Å². The zero-order valence-electron chi connectivity index (χ0n) is 38.1. The molecule has 0 aromatic heterocycles. The Morgan fingerprint density at radius 1 is 0.844 bits per heavy atom. The highest BCUT2D eigenvalue weighted by atomic mass is 16.7. The molecule has 5 rings (SSSR count). The molecule has 3 amide bonds. The lowest BCUT2D eigenvalue weighted by Crippen LogP contribution is -2.67. The highest BCUT2D eigenvalue weighted by Crippen LogP contribution is 2.41. The molecule has 0 aromatic carbocycles. The number of nitrogens with one attached hydrogen (secondary N) is 2. The molecule has 15 atom stereocenters. The summed E-state index contributed by atoms with van der Waals surface area (Å²) in [5.74, 6) is -1.96. The quantitative estimate of drug-likeness (QED) is 0.0636. The lowest BCUT2D eigenvalue weighted by atomic mass is 9.74. The Kier molecular flexibility index (Phi) is 20.2. The maximum atomic E-state index is 14.0. The number of amides is 3. The van der Waals surface area contributed by atoms with Crippen molar-refractivity contribution in [3.8, 4) is 0 Å². The summed E-state index contributed by atoms with van der Waals surface area (Å²) >= 11 is 0. The third-order valence-electron chi connectivity index (χ3n) is 14.5. The molecule has 64 heavy (non-hydrogen) atoms. The van der Waals surface area contributed by atoms with Crippen molar-refractivity contribution in [2.45, 2.75) is 197 Å². The minimum Gasteiger partial charge on any atom is -0.396 e. The van der Waals surface area contributed by atoms with E-state index in [1.54, 1.807) is 11.8 Å². The molecular weight excluding hydrogens is 838 g/mol. The molecular formula is C45H77N3O16. The van der Waals surface area contributed by atoms with Crippen LogP contribution in [-0.4, -0.2) is 183 Å². The number of hydrogen-bond acceptors (Lipinski definition) is 16. The summed E-state index contributed by atoms with van der Waals surface area (Å²) in [6.07, 6.45) is -7.36.